The monoisotopic (exact) mass is 446 g/mol. The molecule has 0 saturated heterocycles. The average molecular weight is 447 g/mol. The van der Waals surface area contributed by atoms with Crippen LogP contribution in [0.1, 0.15) is 34.3 Å². The smallest absolute Gasteiger partial charge is 0.266 e. The maximum Gasteiger partial charge on any atom is 0.266 e. The van der Waals surface area contributed by atoms with E-state index in [2.05, 4.69) is 0 Å². The highest BCUT2D eigenvalue weighted by Gasteiger charge is 2.14. The van der Waals surface area contributed by atoms with Crippen LogP contribution in [0.25, 0.3) is 16.6 Å². The number of aryl methyl sites for hydroxylation is 2. The summed E-state index contributed by atoms with van der Waals surface area (Å²) in [6.45, 7) is 4.06. The minimum absolute atomic E-state index is 0.0244. The Balaban J connectivity index is 1.58. The molecule has 3 aromatic carbocycles. The van der Waals surface area contributed by atoms with E-state index in [1.165, 1.54) is 36.0 Å². The Kier molecular flexibility index (Phi) is 6.51. The van der Waals surface area contributed by atoms with Crippen LogP contribution in [0.4, 0.5) is 4.39 Å². The van der Waals surface area contributed by atoms with Gasteiger partial charge in [0.2, 0.25) is 0 Å². The second-order valence-corrected chi connectivity index (χ2v) is 8.76. The highest BCUT2D eigenvalue weighted by Crippen LogP contribution is 2.24. The van der Waals surface area contributed by atoms with Crippen molar-refractivity contribution in [1.82, 2.24) is 9.55 Å². The fourth-order valence-corrected chi connectivity index (χ4v) is 4.43. The van der Waals surface area contributed by atoms with Crippen molar-refractivity contribution >= 4 is 28.4 Å². The van der Waals surface area contributed by atoms with Gasteiger partial charge in [-0.15, -0.1) is 0 Å². The number of para-hydroxylation sites is 1. The third-order valence-corrected chi connectivity index (χ3v) is 6.46. The van der Waals surface area contributed by atoms with E-state index in [1.54, 1.807) is 10.6 Å². The summed E-state index contributed by atoms with van der Waals surface area (Å²) in [5, 5.41) is 1.17. The topological polar surface area (TPSA) is 52.0 Å². The van der Waals surface area contributed by atoms with Crippen LogP contribution in [0, 0.1) is 19.7 Å². The fraction of sp³-hybridized carbons (Fsp3) is 0.192. The molecule has 0 amide bonds. The molecule has 0 atom stereocenters. The van der Waals surface area contributed by atoms with Gasteiger partial charge in [0.25, 0.3) is 5.56 Å². The Morgan fingerprint density at radius 1 is 1.00 bits per heavy atom. The van der Waals surface area contributed by atoms with Gasteiger partial charge in [0.15, 0.2) is 10.9 Å². The minimum Gasteiger partial charge on any atom is -0.294 e. The van der Waals surface area contributed by atoms with E-state index in [1.807, 2.05) is 50.2 Å². The van der Waals surface area contributed by atoms with Gasteiger partial charge in [0.1, 0.15) is 5.82 Å². The van der Waals surface area contributed by atoms with Gasteiger partial charge in [-0.25, -0.2) is 9.37 Å². The third-order valence-electron chi connectivity index (χ3n) is 5.44. The number of carbonyl (C=O) groups is 1. The maximum atomic E-state index is 13.3. The number of halogens is 1. The Morgan fingerprint density at radius 3 is 2.50 bits per heavy atom. The molecular weight excluding hydrogens is 423 g/mol. The summed E-state index contributed by atoms with van der Waals surface area (Å²) in [5.74, 6) is 0.246. The molecule has 32 heavy (non-hydrogen) atoms. The molecule has 0 aliphatic rings. The number of fused-ring (bicyclic) bond motifs is 1. The molecule has 1 aromatic heterocycles. The molecule has 0 saturated carbocycles. The van der Waals surface area contributed by atoms with E-state index in [0.717, 1.165) is 16.8 Å². The predicted molar refractivity (Wildman–Crippen MR) is 128 cm³/mol. The first kappa shape index (κ1) is 22.0. The number of benzene rings is 3. The molecule has 0 N–H and O–H groups in total. The molecule has 0 bridgehead atoms. The number of carbonyl (C=O) groups excluding carboxylic acids is 1. The molecule has 4 rings (SSSR count). The van der Waals surface area contributed by atoms with Gasteiger partial charge in [0.05, 0.1) is 16.6 Å². The highest BCUT2D eigenvalue weighted by molar-refractivity contribution is 7.99. The highest BCUT2D eigenvalue weighted by atomic mass is 32.2. The minimum atomic E-state index is -0.358. The summed E-state index contributed by atoms with van der Waals surface area (Å²) in [7, 11) is 0. The zero-order valence-electron chi connectivity index (χ0n) is 18.0. The lowest BCUT2D eigenvalue weighted by Gasteiger charge is -2.14. The summed E-state index contributed by atoms with van der Waals surface area (Å²) < 4.78 is 14.7. The normalized spacial score (nSPS) is 11.1. The second-order valence-electron chi connectivity index (χ2n) is 7.70. The van der Waals surface area contributed by atoms with E-state index in [-0.39, 0.29) is 17.2 Å². The average Bonchev–Trinajstić information content (AvgIpc) is 2.79. The summed E-state index contributed by atoms with van der Waals surface area (Å²) in [6.07, 6.45) is 0.969. The van der Waals surface area contributed by atoms with Crippen LogP contribution in [0.3, 0.4) is 0 Å². The fourth-order valence-electron chi connectivity index (χ4n) is 3.48. The van der Waals surface area contributed by atoms with Crippen LogP contribution in [0.5, 0.6) is 0 Å². The molecule has 0 spiro atoms. The van der Waals surface area contributed by atoms with Gasteiger partial charge in [-0.1, -0.05) is 30.0 Å². The number of hydrogen-bond acceptors (Lipinski definition) is 4. The summed E-state index contributed by atoms with van der Waals surface area (Å²) in [4.78, 5) is 30.4. The first-order chi connectivity index (χ1) is 15.4. The molecule has 0 aliphatic carbocycles. The summed E-state index contributed by atoms with van der Waals surface area (Å²) in [6, 6.07) is 18.9. The predicted octanol–water partition coefficient (Wildman–Crippen LogP) is 5.90. The third kappa shape index (κ3) is 4.65. The van der Waals surface area contributed by atoms with Gasteiger partial charge in [-0.05, 0) is 79.9 Å². The number of hydrogen-bond donors (Lipinski definition) is 0. The van der Waals surface area contributed by atoms with Crippen molar-refractivity contribution in [3.05, 3.63) is 99.6 Å². The first-order valence-electron chi connectivity index (χ1n) is 10.4. The Morgan fingerprint density at radius 2 is 1.75 bits per heavy atom. The van der Waals surface area contributed by atoms with Crippen LogP contribution in [0.15, 0.2) is 76.7 Å². The molecule has 0 unspecified atom stereocenters. The van der Waals surface area contributed by atoms with Crippen molar-refractivity contribution in [2.45, 2.75) is 31.8 Å². The lowest BCUT2D eigenvalue weighted by molar-refractivity contribution is 0.0982. The Labute approximate surface area is 190 Å². The molecule has 0 fully saturated rings. The second kappa shape index (κ2) is 9.49. The van der Waals surface area contributed by atoms with E-state index in [4.69, 9.17) is 4.98 Å². The van der Waals surface area contributed by atoms with Gasteiger partial charge in [-0.3, -0.25) is 14.2 Å². The standard InChI is InChI=1S/C26H23FN2O2S/c1-17-9-14-21(16-18(17)2)29-25(31)22-6-3-4-7-23(22)28-26(29)32-15-5-8-24(30)19-10-12-20(27)13-11-19/h3-4,6-7,9-14,16H,5,8,15H2,1-2H3. The zero-order chi connectivity index (χ0) is 22.7. The van der Waals surface area contributed by atoms with Crippen LogP contribution in [-0.4, -0.2) is 21.1 Å². The number of nitrogens with zero attached hydrogens (tertiary/aromatic N) is 2. The van der Waals surface area contributed by atoms with Crippen LogP contribution in [0.2, 0.25) is 0 Å². The van der Waals surface area contributed by atoms with Crippen LogP contribution >= 0.6 is 11.8 Å². The van der Waals surface area contributed by atoms with E-state index in [0.29, 0.717) is 40.2 Å². The molecule has 1 heterocycles. The van der Waals surface area contributed by atoms with Crippen LogP contribution < -0.4 is 5.56 Å². The summed E-state index contributed by atoms with van der Waals surface area (Å²) >= 11 is 1.46. The molecule has 0 aliphatic heterocycles. The SMILES string of the molecule is Cc1ccc(-n2c(SCCCC(=O)c3ccc(F)cc3)nc3ccccc3c2=O)cc1C. The molecule has 4 nitrogen and oxygen atoms in total. The number of rotatable bonds is 7. The number of thioether (sulfide) groups is 1. The summed E-state index contributed by atoms with van der Waals surface area (Å²) in [5.41, 5.74) is 4.09. The Bertz CT molecular complexity index is 1350. The maximum absolute atomic E-state index is 13.3. The number of Topliss-reactive ketones (excluding diaryl/α,β-unsaturated/α-hetero) is 1. The van der Waals surface area contributed by atoms with Crippen molar-refractivity contribution in [3.63, 3.8) is 0 Å². The van der Waals surface area contributed by atoms with Gasteiger partial charge in [-0.2, -0.15) is 0 Å². The first-order valence-corrected chi connectivity index (χ1v) is 11.4. The number of ketones is 1. The van der Waals surface area contributed by atoms with Crippen molar-refractivity contribution in [2.75, 3.05) is 5.75 Å². The van der Waals surface area contributed by atoms with Crippen molar-refractivity contribution in [1.29, 1.82) is 0 Å². The van der Waals surface area contributed by atoms with E-state index >= 15 is 0 Å². The van der Waals surface area contributed by atoms with Crippen LogP contribution in [-0.2, 0) is 0 Å². The lowest BCUT2D eigenvalue weighted by Crippen LogP contribution is -2.22. The molecule has 162 valence electrons. The molecule has 0 radical (unpaired) electrons. The van der Waals surface area contributed by atoms with Crippen molar-refractivity contribution < 1.29 is 9.18 Å². The molecule has 6 heteroatoms. The van der Waals surface area contributed by atoms with Crippen molar-refractivity contribution in [2.24, 2.45) is 0 Å². The van der Waals surface area contributed by atoms with Gasteiger partial charge in [0, 0.05) is 17.7 Å². The Hall–Kier alpha value is -3.25. The van der Waals surface area contributed by atoms with Gasteiger partial charge < -0.3 is 0 Å². The quantitative estimate of drug-likeness (QED) is 0.154. The van der Waals surface area contributed by atoms with Crippen molar-refractivity contribution in [3.8, 4) is 5.69 Å². The van der Waals surface area contributed by atoms with E-state index in [9.17, 15) is 14.0 Å². The molecule has 4 aromatic rings. The lowest BCUT2D eigenvalue weighted by atomic mass is 10.1. The number of aromatic nitrogens is 2. The molecular formula is C26H23FN2O2S. The zero-order valence-corrected chi connectivity index (χ0v) is 18.8. The van der Waals surface area contributed by atoms with E-state index < -0.39 is 0 Å². The van der Waals surface area contributed by atoms with Gasteiger partial charge >= 0.3 is 0 Å². The largest absolute Gasteiger partial charge is 0.294 e.